The minimum Gasteiger partial charge on any atom is -0.0839 e. The largest absolute Gasteiger partial charge is 0.0839 e. The van der Waals surface area contributed by atoms with Crippen molar-refractivity contribution in [3.05, 3.63) is 83.9 Å². The highest BCUT2D eigenvalue weighted by Gasteiger charge is 1.91. The SMILES string of the molecule is C(=C\c1ccccc1)/CCCCCCCC/C=C/c1ccccc1. The summed E-state index contributed by atoms with van der Waals surface area (Å²) in [5, 5.41) is 0. The van der Waals surface area contributed by atoms with Crippen LogP contribution in [0.5, 0.6) is 0 Å². The molecular weight excluding hydrogens is 288 g/mol. The van der Waals surface area contributed by atoms with Crippen LogP contribution in [0, 0.1) is 0 Å². The molecular formula is C24H30. The molecule has 0 nitrogen and oxygen atoms in total. The predicted molar refractivity (Wildman–Crippen MR) is 108 cm³/mol. The zero-order valence-corrected chi connectivity index (χ0v) is 14.7. The summed E-state index contributed by atoms with van der Waals surface area (Å²) in [6.45, 7) is 0. The Labute approximate surface area is 147 Å². The lowest BCUT2D eigenvalue weighted by molar-refractivity contribution is 0.600. The van der Waals surface area contributed by atoms with Crippen molar-refractivity contribution < 1.29 is 0 Å². The first kappa shape index (κ1) is 18.3. The van der Waals surface area contributed by atoms with E-state index in [2.05, 4.69) is 85.0 Å². The van der Waals surface area contributed by atoms with Gasteiger partial charge < -0.3 is 0 Å². The summed E-state index contributed by atoms with van der Waals surface area (Å²) in [5.74, 6) is 0. The first-order valence-corrected chi connectivity index (χ1v) is 9.38. The molecule has 0 unspecified atom stereocenters. The lowest BCUT2D eigenvalue weighted by atomic mass is 10.1. The van der Waals surface area contributed by atoms with Crippen LogP contribution in [0.1, 0.15) is 62.5 Å². The van der Waals surface area contributed by atoms with Crippen molar-refractivity contribution in [3.63, 3.8) is 0 Å². The summed E-state index contributed by atoms with van der Waals surface area (Å²) >= 11 is 0. The zero-order chi connectivity index (χ0) is 16.7. The molecule has 0 aromatic heterocycles. The van der Waals surface area contributed by atoms with Gasteiger partial charge in [0.15, 0.2) is 0 Å². The zero-order valence-electron chi connectivity index (χ0n) is 14.7. The number of allylic oxidation sites excluding steroid dienone is 2. The molecule has 2 aromatic carbocycles. The van der Waals surface area contributed by atoms with Gasteiger partial charge >= 0.3 is 0 Å². The average Bonchev–Trinajstić information content (AvgIpc) is 2.64. The highest BCUT2D eigenvalue weighted by Crippen LogP contribution is 2.11. The smallest absolute Gasteiger partial charge is 0.0260 e. The van der Waals surface area contributed by atoms with E-state index in [1.807, 2.05) is 0 Å². The maximum absolute atomic E-state index is 2.31. The second-order valence-electron chi connectivity index (χ2n) is 6.32. The van der Waals surface area contributed by atoms with Crippen molar-refractivity contribution in [1.29, 1.82) is 0 Å². The van der Waals surface area contributed by atoms with Gasteiger partial charge in [-0.2, -0.15) is 0 Å². The van der Waals surface area contributed by atoms with Gasteiger partial charge in [-0.25, -0.2) is 0 Å². The predicted octanol–water partition coefficient (Wildman–Crippen LogP) is 7.53. The van der Waals surface area contributed by atoms with Gasteiger partial charge in [0.2, 0.25) is 0 Å². The van der Waals surface area contributed by atoms with Crippen molar-refractivity contribution in [1.82, 2.24) is 0 Å². The number of hydrogen-bond donors (Lipinski definition) is 0. The lowest BCUT2D eigenvalue weighted by Crippen LogP contribution is -1.79. The molecule has 2 rings (SSSR count). The first-order valence-electron chi connectivity index (χ1n) is 9.38. The molecule has 0 heteroatoms. The molecule has 0 bridgehead atoms. The van der Waals surface area contributed by atoms with Crippen LogP contribution >= 0.6 is 0 Å². The molecule has 0 saturated carbocycles. The molecule has 24 heavy (non-hydrogen) atoms. The van der Waals surface area contributed by atoms with E-state index in [0.29, 0.717) is 0 Å². The van der Waals surface area contributed by atoms with Crippen molar-refractivity contribution >= 4 is 12.2 Å². The van der Waals surface area contributed by atoms with Crippen LogP contribution in [0.2, 0.25) is 0 Å². The molecule has 0 heterocycles. The molecule has 0 aliphatic carbocycles. The Morgan fingerprint density at radius 1 is 0.458 bits per heavy atom. The Morgan fingerprint density at radius 2 is 0.833 bits per heavy atom. The van der Waals surface area contributed by atoms with Gasteiger partial charge in [0, 0.05) is 0 Å². The molecule has 126 valence electrons. The van der Waals surface area contributed by atoms with E-state index in [0.717, 1.165) is 0 Å². The molecule has 0 amide bonds. The first-order chi connectivity index (χ1) is 11.9. The van der Waals surface area contributed by atoms with E-state index in [9.17, 15) is 0 Å². The molecule has 0 aliphatic heterocycles. The Bertz CT molecular complexity index is 522. The Balaban J connectivity index is 1.40. The number of unbranched alkanes of at least 4 members (excludes halogenated alkanes) is 7. The maximum atomic E-state index is 2.31. The van der Waals surface area contributed by atoms with Crippen LogP contribution in [0.25, 0.3) is 12.2 Å². The fourth-order valence-corrected chi connectivity index (χ4v) is 2.80. The van der Waals surface area contributed by atoms with Crippen LogP contribution in [0.3, 0.4) is 0 Å². The molecule has 0 saturated heterocycles. The fourth-order valence-electron chi connectivity index (χ4n) is 2.80. The van der Waals surface area contributed by atoms with Crippen molar-refractivity contribution in [3.8, 4) is 0 Å². The molecule has 0 N–H and O–H groups in total. The van der Waals surface area contributed by atoms with Gasteiger partial charge in [-0.15, -0.1) is 0 Å². The molecule has 2 aromatic rings. The third-order valence-corrected chi connectivity index (χ3v) is 4.21. The van der Waals surface area contributed by atoms with Crippen LogP contribution in [-0.2, 0) is 0 Å². The lowest BCUT2D eigenvalue weighted by Gasteiger charge is -1.99. The van der Waals surface area contributed by atoms with Gasteiger partial charge in [-0.05, 0) is 36.8 Å². The van der Waals surface area contributed by atoms with Gasteiger partial charge in [-0.3, -0.25) is 0 Å². The number of rotatable bonds is 11. The van der Waals surface area contributed by atoms with Gasteiger partial charge in [0.05, 0.1) is 0 Å². The fraction of sp³-hybridized carbons (Fsp3) is 0.333. The van der Waals surface area contributed by atoms with Gasteiger partial charge in [0.25, 0.3) is 0 Å². The number of hydrogen-bond acceptors (Lipinski definition) is 0. The third kappa shape index (κ3) is 8.53. The quantitative estimate of drug-likeness (QED) is 0.375. The van der Waals surface area contributed by atoms with E-state index >= 15 is 0 Å². The standard InChI is InChI=1S/C24H30/c1(3-5-7-11-17-23-19-13-9-14-20-23)2-4-6-8-12-18-24-21-15-10-16-22-24/h9-22H,1-8H2/b17-11+,18-12+. The topological polar surface area (TPSA) is 0 Å². The second kappa shape index (κ2) is 12.4. The Hall–Kier alpha value is -2.08. The molecule has 0 spiro atoms. The minimum atomic E-state index is 1.20. The highest BCUT2D eigenvalue weighted by molar-refractivity contribution is 5.49. The maximum Gasteiger partial charge on any atom is -0.0260 e. The summed E-state index contributed by atoms with van der Waals surface area (Å²) in [5.41, 5.74) is 2.61. The van der Waals surface area contributed by atoms with E-state index in [1.165, 1.54) is 62.5 Å². The summed E-state index contributed by atoms with van der Waals surface area (Å²) in [4.78, 5) is 0. The monoisotopic (exact) mass is 318 g/mol. The highest BCUT2D eigenvalue weighted by atomic mass is 14.0. The van der Waals surface area contributed by atoms with Crippen molar-refractivity contribution in [2.45, 2.75) is 51.4 Å². The van der Waals surface area contributed by atoms with Crippen LogP contribution in [0.15, 0.2) is 72.8 Å². The molecule has 0 radical (unpaired) electrons. The second-order valence-corrected chi connectivity index (χ2v) is 6.32. The third-order valence-electron chi connectivity index (χ3n) is 4.21. The van der Waals surface area contributed by atoms with Crippen LogP contribution < -0.4 is 0 Å². The normalized spacial score (nSPS) is 11.5. The Morgan fingerprint density at radius 3 is 1.25 bits per heavy atom. The molecule has 0 atom stereocenters. The van der Waals surface area contributed by atoms with E-state index in [1.54, 1.807) is 0 Å². The molecule has 0 fully saturated rings. The Kier molecular flexibility index (Phi) is 9.40. The molecule has 0 aliphatic rings. The summed E-state index contributed by atoms with van der Waals surface area (Å²) in [6, 6.07) is 21.1. The van der Waals surface area contributed by atoms with E-state index in [-0.39, 0.29) is 0 Å². The van der Waals surface area contributed by atoms with Crippen LogP contribution in [0.4, 0.5) is 0 Å². The van der Waals surface area contributed by atoms with Crippen molar-refractivity contribution in [2.24, 2.45) is 0 Å². The van der Waals surface area contributed by atoms with Gasteiger partial charge in [-0.1, -0.05) is 111 Å². The van der Waals surface area contributed by atoms with E-state index < -0.39 is 0 Å². The summed E-state index contributed by atoms with van der Waals surface area (Å²) in [7, 11) is 0. The van der Waals surface area contributed by atoms with Crippen molar-refractivity contribution in [2.75, 3.05) is 0 Å². The van der Waals surface area contributed by atoms with Crippen LogP contribution in [-0.4, -0.2) is 0 Å². The average molecular weight is 319 g/mol. The minimum absolute atomic E-state index is 1.20. The summed E-state index contributed by atoms with van der Waals surface area (Å²) in [6.07, 6.45) is 19.6. The number of benzene rings is 2. The van der Waals surface area contributed by atoms with E-state index in [4.69, 9.17) is 0 Å². The van der Waals surface area contributed by atoms with Gasteiger partial charge in [0.1, 0.15) is 0 Å². The summed E-state index contributed by atoms with van der Waals surface area (Å²) < 4.78 is 0.